The van der Waals surface area contributed by atoms with Gasteiger partial charge in [-0.05, 0) is 19.9 Å². The van der Waals surface area contributed by atoms with E-state index >= 15 is 0 Å². The summed E-state index contributed by atoms with van der Waals surface area (Å²) in [5, 5.41) is 3.44. The van der Waals surface area contributed by atoms with Crippen LogP contribution in [0.1, 0.15) is 19.4 Å². The van der Waals surface area contributed by atoms with Crippen molar-refractivity contribution in [3.8, 4) is 0 Å². The Kier molecular flexibility index (Phi) is 2.08. The average molecular weight is 209 g/mol. The molecule has 1 aromatic rings. The Morgan fingerprint density at radius 3 is 2.77 bits per heavy atom. The van der Waals surface area contributed by atoms with Crippen molar-refractivity contribution in [2.45, 2.75) is 18.7 Å². The third-order valence-corrected chi connectivity index (χ3v) is 3.42. The summed E-state index contributed by atoms with van der Waals surface area (Å²) in [6, 6.07) is 8.18. The van der Waals surface area contributed by atoms with Gasteiger partial charge in [-0.15, -0.1) is 0 Å². The van der Waals surface area contributed by atoms with E-state index in [1.807, 2.05) is 12.1 Å². The molecule has 0 aliphatic carbocycles. The van der Waals surface area contributed by atoms with Crippen molar-refractivity contribution in [3.05, 3.63) is 29.8 Å². The zero-order valence-corrected chi connectivity index (χ0v) is 9.26. The number of para-hydroxylation sites is 1. The summed E-state index contributed by atoms with van der Waals surface area (Å²) in [6.07, 6.45) is 0. The molecule has 1 aromatic carbocycles. The minimum absolute atomic E-state index is 0.0193. The van der Waals surface area contributed by atoms with Gasteiger partial charge < -0.3 is 5.32 Å². The number of benzene rings is 1. The lowest BCUT2D eigenvalue weighted by Gasteiger charge is -2.33. The molecule has 13 heavy (non-hydrogen) atoms. The van der Waals surface area contributed by atoms with E-state index in [-0.39, 0.29) is 4.87 Å². The van der Waals surface area contributed by atoms with Gasteiger partial charge in [0.05, 0.1) is 9.07 Å². The van der Waals surface area contributed by atoms with Crippen molar-refractivity contribution in [2.24, 2.45) is 0 Å². The average Bonchev–Trinajstić information content (AvgIpc) is 2.02. The van der Waals surface area contributed by atoms with Crippen LogP contribution in [0, 0.1) is 0 Å². The fourth-order valence-corrected chi connectivity index (χ4v) is 3.12. The van der Waals surface area contributed by atoms with Crippen molar-refractivity contribution in [2.75, 3.05) is 5.32 Å². The smallest absolute Gasteiger partial charge is 0.0831 e. The molecule has 2 rings (SSSR count). The predicted molar refractivity (Wildman–Crippen MR) is 63.4 cm³/mol. The number of anilines is 1. The zero-order chi connectivity index (χ0) is 9.47. The van der Waals surface area contributed by atoms with Crippen LogP contribution in [-0.2, 0) is 0 Å². The molecule has 0 atom stereocenters. The number of thioether (sulfide) groups is 1. The number of nitrogens with one attached hydrogen (secondary N) is 1. The molecule has 0 unspecified atom stereocenters. The molecule has 1 aliphatic rings. The van der Waals surface area contributed by atoms with E-state index in [9.17, 15) is 0 Å². The molecule has 1 nitrogen and oxygen atoms in total. The molecule has 68 valence electrons. The Morgan fingerprint density at radius 1 is 1.31 bits per heavy atom. The first-order chi connectivity index (χ1) is 6.08. The van der Waals surface area contributed by atoms with Gasteiger partial charge in [-0.2, -0.15) is 0 Å². The number of thiocarbonyl (C=S) groups is 1. The minimum Gasteiger partial charge on any atom is -0.370 e. The van der Waals surface area contributed by atoms with E-state index in [4.69, 9.17) is 12.2 Å². The molecule has 1 N–H and O–H groups in total. The van der Waals surface area contributed by atoms with Crippen molar-refractivity contribution < 1.29 is 0 Å². The molecule has 0 fully saturated rings. The second-order valence-corrected chi connectivity index (χ2v) is 5.87. The lowest BCUT2D eigenvalue weighted by Crippen LogP contribution is -2.32. The molecular weight excluding hydrogens is 198 g/mol. The quantitative estimate of drug-likeness (QED) is 0.659. The molecule has 0 saturated heterocycles. The highest BCUT2D eigenvalue weighted by molar-refractivity contribution is 8.24. The van der Waals surface area contributed by atoms with Gasteiger partial charge in [0.15, 0.2) is 0 Å². The second-order valence-electron chi connectivity index (χ2n) is 3.57. The van der Waals surface area contributed by atoms with E-state index in [2.05, 4.69) is 31.3 Å². The summed E-state index contributed by atoms with van der Waals surface area (Å²) in [6.45, 7) is 4.28. The summed E-state index contributed by atoms with van der Waals surface area (Å²) in [7, 11) is 0. The molecular formula is C10H11NS2. The van der Waals surface area contributed by atoms with Crippen LogP contribution < -0.4 is 5.32 Å². The summed E-state index contributed by atoms with van der Waals surface area (Å²) in [5.74, 6) is 0. The van der Waals surface area contributed by atoms with Gasteiger partial charge in [-0.1, -0.05) is 42.2 Å². The lowest BCUT2D eigenvalue weighted by molar-refractivity contribution is 0.824. The van der Waals surface area contributed by atoms with Crippen molar-refractivity contribution >= 4 is 33.9 Å². The second kappa shape index (κ2) is 3.00. The van der Waals surface area contributed by atoms with E-state index in [0.29, 0.717) is 0 Å². The summed E-state index contributed by atoms with van der Waals surface area (Å²) in [4.78, 5) is 0.0193. The van der Waals surface area contributed by atoms with Gasteiger partial charge in [0.1, 0.15) is 0 Å². The first-order valence-corrected chi connectivity index (χ1v) is 5.41. The van der Waals surface area contributed by atoms with Crippen LogP contribution in [0.2, 0.25) is 0 Å². The van der Waals surface area contributed by atoms with Crippen LogP contribution in [0.5, 0.6) is 0 Å². The fraction of sp³-hybridized carbons (Fsp3) is 0.300. The third-order valence-electron chi connectivity index (χ3n) is 1.93. The summed E-state index contributed by atoms with van der Waals surface area (Å²) in [5.41, 5.74) is 2.30. The molecule has 0 radical (unpaired) electrons. The highest BCUT2D eigenvalue weighted by Gasteiger charge is 2.27. The first kappa shape index (κ1) is 9.03. The van der Waals surface area contributed by atoms with Gasteiger partial charge in [-0.3, -0.25) is 0 Å². The fourth-order valence-electron chi connectivity index (χ4n) is 1.41. The van der Waals surface area contributed by atoms with Crippen LogP contribution >= 0.6 is 24.0 Å². The summed E-state index contributed by atoms with van der Waals surface area (Å²) < 4.78 is 0.986. The van der Waals surface area contributed by atoms with Crippen LogP contribution in [0.4, 0.5) is 5.69 Å². The third kappa shape index (κ3) is 1.71. The molecule has 0 spiro atoms. The Labute approximate surface area is 87.9 Å². The van der Waals surface area contributed by atoms with Crippen molar-refractivity contribution in [1.82, 2.24) is 0 Å². The van der Waals surface area contributed by atoms with E-state index < -0.39 is 0 Å². The van der Waals surface area contributed by atoms with E-state index in [1.54, 1.807) is 11.8 Å². The van der Waals surface area contributed by atoms with Crippen molar-refractivity contribution in [3.63, 3.8) is 0 Å². The van der Waals surface area contributed by atoms with Gasteiger partial charge >= 0.3 is 0 Å². The summed E-state index contributed by atoms with van der Waals surface area (Å²) >= 11 is 7.04. The normalized spacial score (nSPS) is 19.1. The maximum atomic E-state index is 5.33. The predicted octanol–water partition coefficient (Wildman–Crippen LogP) is 3.26. The molecule has 0 amide bonds. The van der Waals surface area contributed by atoms with Crippen LogP contribution in [0.3, 0.4) is 0 Å². The molecule has 3 heteroatoms. The number of fused-ring (bicyclic) bond motifs is 1. The van der Waals surface area contributed by atoms with Gasteiger partial charge in [0.25, 0.3) is 0 Å². The Balaban J connectivity index is 2.49. The number of hydrogen-bond donors (Lipinski definition) is 1. The molecule has 0 bridgehead atoms. The van der Waals surface area contributed by atoms with Gasteiger partial charge in [0, 0.05) is 11.3 Å². The van der Waals surface area contributed by atoms with Crippen LogP contribution in [-0.4, -0.2) is 9.07 Å². The Morgan fingerprint density at radius 2 is 2.00 bits per heavy atom. The highest BCUT2D eigenvalue weighted by atomic mass is 32.2. The largest absolute Gasteiger partial charge is 0.370 e. The van der Waals surface area contributed by atoms with Gasteiger partial charge in [-0.25, -0.2) is 0 Å². The molecule has 0 aromatic heterocycles. The monoisotopic (exact) mass is 209 g/mol. The number of hydrogen-bond acceptors (Lipinski definition) is 3. The Bertz CT molecular complexity index is 358. The molecule has 1 aliphatic heterocycles. The first-order valence-electron chi connectivity index (χ1n) is 4.19. The lowest BCUT2D eigenvalue weighted by atomic mass is 10.2. The topological polar surface area (TPSA) is 12.0 Å². The SMILES string of the molecule is CC1(C)Nc2ccccc2C(=S)S1. The minimum atomic E-state index is 0.0193. The maximum absolute atomic E-state index is 5.33. The van der Waals surface area contributed by atoms with Crippen LogP contribution in [0.25, 0.3) is 0 Å². The zero-order valence-electron chi connectivity index (χ0n) is 7.63. The van der Waals surface area contributed by atoms with E-state index in [0.717, 1.165) is 15.4 Å². The maximum Gasteiger partial charge on any atom is 0.0831 e. The van der Waals surface area contributed by atoms with Gasteiger partial charge in [0.2, 0.25) is 0 Å². The standard InChI is InChI=1S/C10H11NS2/c1-10(2)11-8-6-4-3-5-7(8)9(12)13-10/h3-6,11H,1-2H3. The van der Waals surface area contributed by atoms with Crippen LogP contribution in [0.15, 0.2) is 24.3 Å². The van der Waals surface area contributed by atoms with E-state index in [1.165, 1.54) is 0 Å². The Hall–Kier alpha value is -0.540. The number of rotatable bonds is 0. The van der Waals surface area contributed by atoms with Crippen molar-refractivity contribution in [1.29, 1.82) is 0 Å². The molecule has 1 heterocycles. The highest BCUT2D eigenvalue weighted by Crippen LogP contribution is 2.37. The molecule has 0 saturated carbocycles.